The molecule has 0 unspecified atom stereocenters. The predicted molar refractivity (Wildman–Crippen MR) is 74.7 cm³/mol. The zero-order valence-corrected chi connectivity index (χ0v) is 11.9. The SMILES string of the molecule is CC(C)OCCNc1cc(N)nc(C(C)(C)C)n1. The molecule has 0 saturated carbocycles. The average Bonchev–Trinajstić information content (AvgIpc) is 2.22. The van der Waals surface area contributed by atoms with Crippen LogP contribution in [0.4, 0.5) is 11.6 Å². The van der Waals surface area contributed by atoms with E-state index in [1.807, 2.05) is 13.8 Å². The number of hydrogen-bond donors (Lipinski definition) is 2. The third kappa shape index (κ3) is 4.87. The van der Waals surface area contributed by atoms with Crippen molar-refractivity contribution in [3.63, 3.8) is 0 Å². The van der Waals surface area contributed by atoms with Crippen LogP contribution in [0.25, 0.3) is 0 Å². The van der Waals surface area contributed by atoms with Gasteiger partial charge in [0.25, 0.3) is 0 Å². The van der Waals surface area contributed by atoms with Crippen molar-refractivity contribution in [2.75, 3.05) is 24.2 Å². The number of hydrogen-bond acceptors (Lipinski definition) is 5. The molecule has 5 nitrogen and oxygen atoms in total. The Morgan fingerprint density at radius 2 is 2.00 bits per heavy atom. The maximum absolute atomic E-state index is 5.79. The van der Waals surface area contributed by atoms with Gasteiger partial charge in [0.1, 0.15) is 17.5 Å². The van der Waals surface area contributed by atoms with Gasteiger partial charge in [0.05, 0.1) is 12.7 Å². The van der Waals surface area contributed by atoms with Gasteiger partial charge in [0.15, 0.2) is 0 Å². The molecule has 0 bridgehead atoms. The van der Waals surface area contributed by atoms with E-state index >= 15 is 0 Å². The molecular weight excluding hydrogens is 228 g/mol. The van der Waals surface area contributed by atoms with Crippen LogP contribution in [0.1, 0.15) is 40.4 Å². The second kappa shape index (κ2) is 6.00. The first kappa shape index (κ1) is 14.7. The summed E-state index contributed by atoms with van der Waals surface area (Å²) < 4.78 is 5.45. The van der Waals surface area contributed by atoms with Gasteiger partial charge in [0.2, 0.25) is 0 Å². The summed E-state index contributed by atoms with van der Waals surface area (Å²) in [5, 5.41) is 3.20. The van der Waals surface area contributed by atoms with Crippen LogP contribution in [-0.2, 0) is 10.2 Å². The highest BCUT2D eigenvalue weighted by molar-refractivity contribution is 5.45. The largest absolute Gasteiger partial charge is 0.384 e. The Morgan fingerprint density at radius 3 is 2.56 bits per heavy atom. The van der Waals surface area contributed by atoms with Gasteiger partial charge in [0, 0.05) is 18.0 Å². The molecule has 0 saturated heterocycles. The minimum Gasteiger partial charge on any atom is -0.384 e. The monoisotopic (exact) mass is 252 g/mol. The van der Waals surface area contributed by atoms with E-state index in [-0.39, 0.29) is 11.5 Å². The van der Waals surface area contributed by atoms with Gasteiger partial charge in [-0.2, -0.15) is 0 Å². The number of nitrogens with zero attached hydrogens (tertiary/aromatic N) is 2. The van der Waals surface area contributed by atoms with Crippen LogP contribution < -0.4 is 11.1 Å². The fraction of sp³-hybridized carbons (Fsp3) is 0.692. The number of nitrogen functional groups attached to an aromatic ring is 1. The Bertz CT molecular complexity index is 385. The summed E-state index contributed by atoms with van der Waals surface area (Å²) in [6.45, 7) is 11.6. The molecule has 0 atom stereocenters. The van der Waals surface area contributed by atoms with E-state index in [0.717, 1.165) is 11.6 Å². The predicted octanol–water partition coefficient (Wildman–Crippen LogP) is 2.19. The molecule has 0 spiro atoms. The molecule has 0 aliphatic heterocycles. The average molecular weight is 252 g/mol. The van der Waals surface area contributed by atoms with Gasteiger partial charge in [-0.05, 0) is 13.8 Å². The summed E-state index contributed by atoms with van der Waals surface area (Å²) in [4.78, 5) is 8.72. The first-order chi connectivity index (χ1) is 8.29. The number of nitrogens with one attached hydrogen (secondary N) is 1. The van der Waals surface area contributed by atoms with Gasteiger partial charge in [-0.25, -0.2) is 9.97 Å². The molecule has 0 aromatic carbocycles. The zero-order chi connectivity index (χ0) is 13.8. The van der Waals surface area contributed by atoms with Crippen molar-refractivity contribution in [2.45, 2.75) is 46.1 Å². The number of rotatable bonds is 5. The third-order valence-electron chi connectivity index (χ3n) is 2.28. The molecule has 1 heterocycles. The topological polar surface area (TPSA) is 73.1 Å². The van der Waals surface area contributed by atoms with Gasteiger partial charge in [-0.15, -0.1) is 0 Å². The van der Waals surface area contributed by atoms with Crippen LogP contribution in [0.2, 0.25) is 0 Å². The second-order valence-corrected chi connectivity index (χ2v) is 5.60. The lowest BCUT2D eigenvalue weighted by Crippen LogP contribution is -2.19. The first-order valence-electron chi connectivity index (χ1n) is 6.29. The quantitative estimate of drug-likeness (QED) is 0.786. The van der Waals surface area contributed by atoms with Crippen molar-refractivity contribution in [1.82, 2.24) is 9.97 Å². The molecule has 5 heteroatoms. The number of aromatic nitrogens is 2. The molecule has 102 valence electrons. The van der Waals surface area contributed by atoms with Crippen LogP contribution in [0.3, 0.4) is 0 Å². The van der Waals surface area contributed by atoms with Crippen molar-refractivity contribution in [3.8, 4) is 0 Å². The molecular formula is C13H24N4O. The van der Waals surface area contributed by atoms with Gasteiger partial charge in [-0.1, -0.05) is 20.8 Å². The summed E-state index contributed by atoms with van der Waals surface area (Å²) in [6.07, 6.45) is 0.243. The number of anilines is 2. The van der Waals surface area contributed by atoms with Crippen LogP contribution in [-0.4, -0.2) is 29.2 Å². The summed E-state index contributed by atoms with van der Waals surface area (Å²) in [5.74, 6) is 1.98. The second-order valence-electron chi connectivity index (χ2n) is 5.60. The van der Waals surface area contributed by atoms with Crippen molar-refractivity contribution in [1.29, 1.82) is 0 Å². The molecule has 0 amide bonds. The van der Waals surface area contributed by atoms with E-state index in [0.29, 0.717) is 19.0 Å². The van der Waals surface area contributed by atoms with E-state index in [2.05, 4.69) is 36.1 Å². The summed E-state index contributed by atoms with van der Waals surface area (Å²) >= 11 is 0. The fourth-order valence-corrected chi connectivity index (χ4v) is 1.37. The van der Waals surface area contributed by atoms with Crippen LogP contribution in [0, 0.1) is 0 Å². The first-order valence-corrected chi connectivity index (χ1v) is 6.29. The van der Waals surface area contributed by atoms with Crippen molar-refractivity contribution >= 4 is 11.6 Å². The Labute approximate surface area is 109 Å². The molecule has 0 aliphatic rings. The number of ether oxygens (including phenoxy) is 1. The zero-order valence-electron chi connectivity index (χ0n) is 11.9. The Morgan fingerprint density at radius 1 is 1.33 bits per heavy atom. The van der Waals surface area contributed by atoms with E-state index in [1.165, 1.54) is 0 Å². The highest BCUT2D eigenvalue weighted by atomic mass is 16.5. The molecule has 3 N–H and O–H groups in total. The van der Waals surface area contributed by atoms with Gasteiger partial charge < -0.3 is 15.8 Å². The van der Waals surface area contributed by atoms with Gasteiger partial charge >= 0.3 is 0 Å². The molecule has 18 heavy (non-hydrogen) atoms. The lowest BCUT2D eigenvalue weighted by atomic mass is 9.96. The molecule has 1 aromatic rings. The summed E-state index contributed by atoms with van der Waals surface area (Å²) in [6, 6.07) is 1.74. The molecule has 1 aromatic heterocycles. The van der Waals surface area contributed by atoms with Crippen LogP contribution >= 0.6 is 0 Å². The standard InChI is InChI=1S/C13H24N4O/c1-9(2)18-7-6-15-11-8-10(14)16-12(17-11)13(3,4)5/h8-9H,6-7H2,1-5H3,(H3,14,15,16,17). The number of nitrogens with two attached hydrogens (primary N) is 1. The Balaban J connectivity index is 2.63. The van der Waals surface area contributed by atoms with Gasteiger partial charge in [-0.3, -0.25) is 0 Å². The molecule has 1 rings (SSSR count). The van der Waals surface area contributed by atoms with Crippen LogP contribution in [0.15, 0.2) is 6.07 Å². The van der Waals surface area contributed by atoms with E-state index in [4.69, 9.17) is 10.5 Å². The fourth-order valence-electron chi connectivity index (χ4n) is 1.37. The van der Waals surface area contributed by atoms with Crippen molar-refractivity contribution < 1.29 is 4.74 Å². The summed E-state index contributed by atoms with van der Waals surface area (Å²) in [5.41, 5.74) is 5.68. The molecule has 0 aliphatic carbocycles. The smallest absolute Gasteiger partial charge is 0.138 e. The molecule has 0 fully saturated rings. The van der Waals surface area contributed by atoms with Crippen LogP contribution in [0.5, 0.6) is 0 Å². The maximum atomic E-state index is 5.79. The lowest BCUT2D eigenvalue weighted by molar-refractivity contribution is 0.0870. The Kier molecular flexibility index (Phi) is 4.90. The highest BCUT2D eigenvalue weighted by Crippen LogP contribution is 2.20. The van der Waals surface area contributed by atoms with Crippen molar-refractivity contribution in [3.05, 3.63) is 11.9 Å². The molecule has 0 radical (unpaired) electrons. The highest BCUT2D eigenvalue weighted by Gasteiger charge is 2.18. The Hall–Kier alpha value is -1.36. The van der Waals surface area contributed by atoms with E-state index < -0.39 is 0 Å². The normalized spacial score (nSPS) is 11.9. The minimum atomic E-state index is -0.111. The minimum absolute atomic E-state index is 0.111. The van der Waals surface area contributed by atoms with E-state index in [1.54, 1.807) is 6.07 Å². The third-order valence-corrected chi connectivity index (χ3v) is 2.28. The van der Waals surface area contributed by atoms with E-state index in [9.17, 15) is 0 Å². The van der Waals surface area contributed by atoms with Crippen molar-refractivity contribution in [2.24, 2.45) is 0 Å². The lowest BCUT2D eigenvalue weighted by Gasteiger charge is -2.18. The maximum Gasteiger partial charge on any atom is 0.138 e. The summed E-state index contributed by atoms with van der Waals surface area (Å²) in [7, 11) is 0.